The van der Waals surface area contributed by atoms with Crippen molar-refractivity contribution in [2.24, 2.45) is 4.99 Å². The number of aliphatic hydroxyl groups is 1. The van der Waals surface area contributed by atoms with Crippen molar-refractivity contribution in [1.82, 2.24) is 4.90 Å². The quantitative estimate of drug-likeness (QED) is 0.307. The molecular formula is C22H43ClN2O. The zero-order valence-corrected chi connectivity index (χ0v) is 18.1. The van der Waals surface area contributed by atoms with Crippen LogP contribution in [0.4, 0.5) is 0 Å². The topological polar surface area (TPSA) is 35.8 Å². The van der Waals surface area contributed by atoms with E-state index in [1.165, 1.54) is 83.5 Å². The summed E-state index contributed by atoms with van der Waals surface area (Å²) in [6.45, 7) is 5.74. The minimum atomic E-state index is -0.428. The molecule has 0 aliphatic carbocycles. The van der Waals surface area contributed by atoms with Crippen molar-refractivity contribution in [3.05, 3.63) is 12.2 Å². The summed E-state index contributed by atoms with van der Waals surface area (Å²) in [5, 5.41) is 9.66. The number of nitrogens with zero attached hydrogens (tertiary/aromatic N) is 2. The molecule has 1 atom stereocenters. The standard InChI is InChI=1S/C22H42N2O.ClH/c1-3-4-5-6-7-8-9-10-11-12-13-14-15-16-17-18-22-23-19-20-24(22)21(2)25;/h17-18,21,25H,3-16,19-20H2,1-2H3;1H. The van der Waals surface area contributed by atoms with Gasteiger partial charge in [0, 0.05) is 6.54 Å². The predicted octanol–water partition coefficient (Wildman–Crippen LogP) is 6.50. The van der Waals surface area contributed by atoms with Crippen molar-refractivity contribution in [3.8, 4) is 0 Å². The molecular weight excluding hydrogens is 344 g/mol. The SMILES string of the molecule is CCCCCCCCCCCCCCCC=CC1=NCCN1C(C)O.Cl. The van der Waals surface area contributed by atoms with Crippen LogP contribution in [0.2, 0.25) is 0 Å². The molecule has 0 fully saturated rings. The summed E-state index contributed by atoms with van der Waals surface area (Å²) in [6, 6.07) is 0. The number of aliphatic imine (C=N–C) groups is 1. The Morgan fingerprint density at radius 3 is 1.92 bits per heavy atom. The lowest BCUT2D eigenvalue weighted by atomic mass is 10.0. The molecule has 4 heteroatoms. The fourth-order valence-electron chi connectivity index (χ4n) is 3.47. The molecule has 0 aromatic rings. The first-order chi connectivity index (χ1) is 12.3. The molecule has 1 aliphatic heterocycles. The van der Waals surface area contributed by atoms with Crippen molar-refractivity contribution in [2.45, 2.75) is 110 Å². The molecule has 3 nitrogen and oxygen atoms in total. The van der Waals surface area contributed by atoms with Gasteiger partial charge in [0.25, 0.3) is 0 Å². The molecule has 1 aliphatic rings. The van der Waals surface area contributed by atoms with E-state index in [4.69, 9.17) is 0 Å². The van der Waals surface area contributed by atoms with Gasteiger partial charge in [-0.1, -0.05) is 90.0 Å². The van der Waals surface area contributed by atoms with Crippen LogP contribution in [0, 0.1) is 0 Å². The van der Waals surface area contributed by atoms with Gasteiger partial charge < -0.3 is 10.0 Å². The predicted molar refractivity (Wildman–Crippen MR) is 117 cm³/mol. The van der Waals surface area contributed by atoms with Crippen LogP contribution in [0.5, 0.6) is 0 Å². The molecule has 1 heterocycles. The van der Waals surface area contributed by atoms with Crippen molar-refractivity contribution in [2.75, 3.05) is 13.1 Å². The molecule has 0 spiro atoms. The number of unbranched alkanes of at least 4 members (excludes halogenated alkanes) is 13. The molecule has 0 amide bonds. The van der Waals surface area contributed by atoms with Crippen LogP contribution in [0.3, 0.4) is 0 Å². The third kappa shape index (κ3) is 12.8. The van der Waals surface area contributed by atoms with Gasteiger partial charge in [0.2, 0.25) is 0 Å². The fourth-order valence-corrected chi connectivity index (χ4v) is 3.47. The second-order valence-corrected chi connectivity index (χ2v) is 7.50. The van der Waals surface area contributed by atoms with Gasteiger partial charge >= 0.3 is 0 Å². The van der Waals surface area contributed by atoms with E-state index in [0.29, 0.717) is 0 Å². The summed E-state index contributed by atoms with van der Waals surface area (Å²) < 4.78 is 0. The highest BCUT2D eigenvalue weighted by Crippen LogP contribution is 2.13. The lowest BCUT2D eigenvalue weighted by Gasteiger charge is -2.21. The van der Waals surface area contributed by atoms with Gasteiger partial charge in [-0.3, -0.25) is 4.99 Å². The molecule has 26 heavy (non-hydrogen) atoms. The highest BCUT2D eigenvalue weighted by molar-refractivity contribution is 5.94. The van der Waals surface area contributed by atoms with Gasteiger partial charge in [0.15, 0.2) is 0 Å². The third-order valence-electron chi connectivity index (χ3n) is 5.10. The first-order valence-corrected chi connectivity index (χ1v) is 10.9. The monoisotopic (exact) mass is 386 g/mol. The van der Waals surface area contributed by atoms with Crippen LogP contribution in [0.15, 0.2) is 17.1 Å². The van der Waals surface area contributed by atoms with Crippen LogP contribution in [-0.4, -0.2) is 35.2 Å². The Hall–Kier alpha value is -0.540. The number of aliphatic hydroxyl groups excluding tert-OH is 1. The van der Waals surface area contributed by atoms with E-state index in [2.05, 4.69) is 24.1 Å². The van der Waals surface area contributed by atoms with Gasteiger partial charge in [-0.25, -0.2) is 0 Å². The van der Waals surface area contributed by atoms with Crippen LogP contribution >= 0.6 is 12.4 Å². The molecule has 0 aromatic heterocycles. The minimum absolute atomic E-state index is 0. The number of hydrogen-bond donors (Lipinski definition) is 1. The van der Waals surface area contributed by atoms with E-state index in [1.807, 2.05) is 4.90 Å². The molecule has 0 saturated heterocycles. The Kier molecular flexibility index (Phi) is 17.5. The molecule has 0 saturated carbocycles. The highest BCUT2D eigenvalue weighted by Gasteiger charge is 2.17. The molecule has 1 unspecified atom stereocenters. The van der Waals surface area contributed by atoms with E-state index in [0.717, 1.165) is 25.3 Å². The molecule has 1 rings (SSSR count). The summed E-state index contributed by atoms with van der Waals surface area (Å²) in [5.41, 5.74) is 0. The largest absolute Gasteiger partial charge is 0.374 e. The molecule has 0 radical (unpaired) electrons. The number of halogens is 1. The maximum absolute atomic E-state index is 9.66. The minimum Gasteiger partial charge on any atom is -0.374 e. The van der Waals surface area contributed by atoms with Crippen molar-refractivity contribution < 1.29 is 5.11 Å². The molecule has 0 bridgehead atoms. The van der Waals surface area contributed by atoms with Gasteiger partial charge in [-0.2, -0.15) is 0 Å². The van der Waals surface area contributed by atoms with Crippen molar-refractivity contribution in [1.29, 1.82) is 0 Å². The maximum Gasteiger partial charge on any atom is 0.125 e. The Labute approximate surface area is 168 Å². The first-order valence-electron chi connectivity index (χ1n) is 10.9. The fraction of sp³-hybridized carbons (Fsp3) is 0.864. The number of hydrogen-bond acceptors (Lipinski definition) is 3. The van der Waals surface area contributed by atoms with Crippen LogP contribution in [-0.2, 0) is 0 Å². The van der Waals surface area contributed by atoms with Crippen LogP contribution in [0.25, 0.3) is 0 Å². The summed E-state index contributed by atoms with van der Waals surface area (Å²) in [5.74, 6) is 0.949. The summed E-state index contributed by atoms with van der Waals surface area (Å²) in [4.78, 5) is 6.40. The van der Waals surface area contributed by atoms with Gasteiger partial charge in [-0.05, 0) is 25.8 Å². The number of amidine groups is 1. The Bertz CT molecular complexity index is 369. The van der Waals surface area contributed by atoms with Gasteiger partial charge in [-0.15, -0.1) is 12.4 Å². The van der Waals surface area contributed by atoms with Crippen molar-refractivity contribution >= 4 is 18.2 Å². The second kappa shape index (κ2) is 17.9. The van der Waals surface area contributed by atoms with E-state index in [-0.39, 0.29) is 12.4 Å². The zero-order valence-electron chi connectivity index (χ0n) is 17.3. The second-order valence-electron chi connectivity index (χ2n) is 7.50. The smallest absolute Gasteiger partial charge is 0.125 e. The maximum atomic E-state index is 9.66. The van der Waals surface area contributed by atoms with Crippen LogP contribution in [0.1, 0.15) is 104 Å². The number of allylic oxidation sites excluding steroid dienone is 1. The molecule has 154 valence electrons. The molecule has 1 N–H and O–H groups in total. The highest BCUT2D eigenvalue weighted by atomic mass is 35.5. The van der Waals surface area contributed by atoms with Gasteiger partial charge in [0.05, 0.1) is 6.54 Å². The summed E-state index contributed by atoms with van der Waals surface area (Å²) >= 11 is 0. The average Bonchev–Trinajstić information content (AvgIpc) is 3.07. The Morgan fingerprint density at radius 1 is 0.923 bits per heavy atom. The van der Waals surface area contributed by atoms with Crippen molar-refractivity contribution in [3.63, 3.8) is 0 Å². The lowest BCUT2D eigenvalue weighted by molar-refractivity contribution is 0.0788. The molecule has 0 aromatic carbocycles. The lowest BCUT2D eigenvalue weighted by Crippen LogP contribution is -2.34. The zero-order chi connectivity index (χ0) is 18.2. The van der Waals surface area contributed by atoms with E-state index >= 15 is 0 Å². The van der Waals surface area contributed by atoms with Crippen LogP contribution < -0.4 is 0 Å². The summed E-state index contributed by atoms with van der Waals surface area (Å²) in [7, 11) is 0. The summed E-state index contributed by atoms with van der Waals surface area (Å²) in [6.07, 6.45) is 23.3. The first kappa shape index (κ1) is 25.5. The Balaban J connectivity index is 0.00000625. The Morgan fingerprint density at radius 2 is 1.42 bits per heavy atom. The van der Waals surface area contributed by atoms with E-state index < -0.39 is 6.23 Å². The average molecular weight is 387 g/mol. The third-order valence-corrected chi connectivity index (χ3v) is 5.10. The number of rotatable bonds is 16. The van der Waals surface area contributed by atoms with E-state index in [1.54, 1.807) is 6.92 Å². The van der Waals surface area contributed by atoms with E-state index in [9.17, 15) is 5.11 Å². The normalized spacial score (nSPS) is 15.3. The van der Waals surface area contributed by atoms with Gasteiger partial charge in [0.1, 0.15) is 12.1 Å².